The van der Waals surface area contributed by atoms with Crippen LogP contribution in [0.4, 0.5) is 5.13 Å². The molecule has 8 heteroatoms. The number of halogens is 1. The fourth-order valence-corrected chi connectivity index (χ4v) is 4.22. The highest BCUT2D eigenvalue weighted by Gasteiger charge is 2.10. The van der Waals surface area contributed by atoms with Crippen molar-refractivity contribution in [3.05, 3.63) is 77.1 Å². The quantitative estimate of drug-likeness (QED) is 0.329. The van der Waals surface area contributed by atoms with Gasteiger partial charge in [-0.25, -0.2) is 4.98 Å². The third-order valence-electron chi connectivity index (χ3n) is 4.74. The molecule has 0 saturated carbocycles. The van der Waals surface area contributed by atoms with Crippen molar-refractivity contribution in [1.29, 1.82) is 0 Å². The molecule has 0 unspecified atom stereocenters. The molecule has 0 aliphatic heterocycles. The summed E-state index contributed by atoms with van der Waals surface area (Å²) in [6.45, 7) is 0. The average Bonchev–Trinajstić information content (AvgIpc) is 3.21. The van der Waals surface area contributed by atoms with Gasteiger partial charge in [0.1, 0.15) is 11.3 Å². The van der Waals surface area contributed by atoms with Crippen LogP contribution in [0.15, 0.2) is 76.2 Å². The molecule has 2 aromatic heterocycles. The minimum absolute atomic E-state index is 0.0567. The first-order valence-electron chi connectivity index (χ1n) is 9.37. The number of nitrogens with one attached hydrogen (secondary N) is 1. The summed E-state index contributed by atoms with van der Waals surface area (Å²) in [7, 11) is 1.50. The van der Waals surface area contributed by atoms with Crippen molar-refractivity contribution in [3.8, 4) is 22.8 Å². The Morgan fingerprint density at radius 3 is 2.81 bits per heavy atom. The zero-order valence-corrected chi connectivity index (χ0v) is 17.9. The van der Waals surface area contributed by atoms with Crippen LogP contribution in [0.2, 0.25) is 5.02 Å². The number of nitrogens with zero attached hydrogens (tertiary/aromatic N) is 2. The molecule has 0 fully saturated rings. The van der Waals surface area contributed by atoms with E-state index in [1.54, 1.807) is 36.4 Å². The van der Waals surface area contributed by atoms with Crippen molar-refractivity contribution >= 4 is 49.3 Å². The average molecular weight is 450 g/mol. The van der Waals surface area contributed by atoms with Gasteiger partial charge in [0.2, 0.25) is 5.13 Å². The highest BCUT2D eigenvalue weighted by Crippen LogP contribution is 2.32. The van der Waals surface area contributed by atoms with Gasteiger partial charge in [0.15, 0.2) is 11.5 Å². The smallest absolute Gasteiger partial charge is 0.204 e. The second kappa shape index (κ2) is 7.94. The summed E-state index contributed by atoms with van der Waals surface area (Å²) < 4.78 is 12.4. The van der Waals surface area contributed by atoms with E-state index < -0.39 is 0 Å². The molecule has 0 aliphatic carbocycles. The fourth-order valence-electron chi connectivity index (χ4n) is 3.23. The first-order chi connectivity index (χ1) is 15.1. The number of rotatable bonds is 4. The number of thiazole rings is 1. The largest absolute Gasteiger partial charge is 0.504 e. The third-order valence-corrected chi connectivity index (χ3v) is 5.91. The molecule has 0 radical (unpaired) electrons. The summed E-state index contributed by atoms with van der Waals surface area (Å²) in [4.78, 5) is 4.56. The van der Waals surface area contributed by atoms with Gasteiger partial charge >= 0.3 is 0 Å². The molecule has 2 heterocycles. The van der Waals surface area contributed by atoms with Gasteiger partial charge < -0.3 is 14.3 Å². The second-order valence-electron chi connectivity index (χ2n) is 6.73. The normalized spacial score (nSPS) is 11.9. The van der Waals surface area contributed by atoms with Gasteiger partial charge in [-0.3, -0.25) is 5.43 Å². The number of fused-ring (bicyclic) bond motifs is 2. The molecule has 0 aliphatic rings. The lowest BCUT2D eigenvalue weighted by Gasteiger charge is -2.08. The lowest BCUT2D eigenvalue weighted by molar-refractivity contribution is 0.373. The summed E-state index contributed by atoms with van der Waals surface area (Å²) in [6.07, 6.45) is 0. The molecule has 0 bridgehead atoms. The number of aromatic hydroxyl groups is 1. The Morgan fingerprint density at radius 2 is 1.97 bits per heavy atom. The fraction of sp³-hybridized carbons (Fsp3) is 0.0435. The Kier molecular flexibility index (Phi) is 4.97. The van der Waals surface area contributed by atoms with Crippen molar-refractivity contribution in [1.82, 2.24) is 4.98 Å². The Labute approximate surface area is 186 Å². The van der Waals surface area contributed by atoms with Crippen LogP contribution in [0.25, 0.3) is 32.5 Å². The van der Waals surface area contributed by atoms with E-state index in [1.165, 1.54) is 18.4 Å². The predicted molar refractivity (Wildman–Crippen MR) is 124 cm³/mol. The van der Waals surface area contributed by atoms with Crippen LogP contribution in [0, 0.1) is 0 Å². The molecular weight excluding hydrogens is 434 g/mol. The van der Waals surface area contributed by atoms with E-state index in [0.29, 0.717) is 32.6 Å². The van der Waals surface area contributed by atoms with E-state index in [9.17, 15) is 5.11 Å². The molecule has 0 atom stereocenters. The van der Waals surface area contributed by atoms with Crippen molar-refractivity contribution in [2.75, 3.05) is 12.5 Å². The zero-order chi connectivity index (χ0) is 21.4. The Balaban J connectivity index is 1.64. The summed E-state index contributed by atoms with van der Waals surface area (Å²) in [5.41, 5.74) is 5.33. The number of para-hydroxylation sites is 1. The SMILES string of the molecule is COc1cc(-c2cc(=NNc3nc4ccccc4s3)c3cc(Cl)ccc3o2)ccc1O. The highest BCUT2D eigenvalue weighted by molar-refractivity contribution is 7.22. The van der Waals surface area contributed by atoms with Crippen LogP contribution >= 0.6 is 22.9 Å². The van der Waals surface area contributed by atoms with E-state index in [2.05, 4.69) is 15.5 Å². The lowest BCUT2D eigenvalue weighted by Crippen LogP contribution is -2.07. The maximum absolute atomic E-state index is 9.90. The van der Waals surface area contributed by atoms with E-state index in [0.717, 1.165) is 21.2 Å². The summed E-state index contributed by atoms with van der Waals surface area (Å²) in [6, 6.07) is 20.1. The first kappa shape index (κ1) is 19.4. The summed E-state index contributed by atoms with van der Waals surface area (Å²) >= 11 is 7.74. The molecule has 5 aromatic rings. The van der Waals surface area contributed by atoms with E-state index >= 15 is 0 Å². The topological polar surface area (TPSA) is 79.9 Å². The van der Waals surface area contributed by atoms with Crippen LogP contribution in [0.5, 0.6) is 11.5 Å². The summed E-state index contributed by atoms with van der Waals surface area (Å²) in [5, 5.41) is 17.2. The first-order valence-corrected chi connectivity index (χ1v) is 10.6. The second-order valence-corrected chi connectivity index (χ2v) is 8.20. The number of hydrogen-bond donors (Lipinski definition) is 2. The van der Waals surface area contributed by atoms with Crippen molar-refractivity contribution in [2.24, 2.45) is 5.10 Å². The molecule has 154 valence electrons. The molecule has 0 spiro atoms. The Bertz CT molecular complexity index is 1460. The third kappa shape index (κ3) is 3.81. The number of ether oxygens (including phenoxy) is 1. The number of benzene rings is 3. The Hall–Kier alpha value is -3.55. The van der Waals surface area contributed by atoms with Crippen molar-refractivity contribution in [2.45, 2.75) is 0 Å². The van der Waals surface area contributed by atoms with Crippen LogP contribution in [-0.4, -0.2) is 17.2 Å². The van der Waals surface area contributed by atoms with Gasteiger partial charge in [-0.2, -0.15) is 5.10 Å². The van der Waals surface area contributed by atoms with Gasteiger partial charge in [0.25, 0.3) is 0 Å². The number of hydrogen-bond acceptors (Lipinski definition) is 7. The molecule has 0 saturated heterocycles. The minimum atomic E-state index is 0.0567. The number of phenols is 1. The van der Waals surface area contributed by atoms with Crippen LogP contribution in [0.3, 0.4) is 0 Å². The molecule has 0 amide bonds. The molecule has 2 N–H and O–H groups in total. The van der Waals surface area contributed by atoms with E-state index in [1.807, 2.05) is 30.3 Å². The van der Waals surface area contributed by atoms with Crippen LogP contribution in [-0.2, 0) is 0 Å². The van der Waals surface area contributed by atoms with Crippen molar-refractivity contribution in [3.63, 3.8) is 0 Å². The number of aromatic nitrogens is 1. The van der Waals surface area contributed by atoms with Crippen molar-refractivity contribution < 1.29 is 14.3 Å². The molecule has 5 rings (SSSR count). The standard InChI is InChI=1S/C23H16ClN3O3S/c1-29-21-10-13(6-8-18(21)28)20-12-17(15-11-14(24)7-9-19(15)30-20)26-27-23-25-16-4-2-3-5-22(16)31-23/h2-12,28H,1H3,(H,25,27). The molecular formula is C23H16ClN3O3S. The van der Waals surface area contributed by atoms with Gasteiger partial charge in [-0.05, 0) is 48.5 Å². The van der Waals surface area contributed by atoms with Gasteiger partial charge in [-0.1, -0.05) is 35.1 Å². The predicted octanol–water partition coefficient (Wildman–Crippen LogP) is 6.00. The number of anilines is 1. The highest BCUT2D eigenvalue weighted by atomic mass is 35.5. The van der Waals surface area contributed by atoms with E-state index in [-0.39, 0.29) is 5.75 Å². The number of methoxy groups -OCH3 is 1. The molecule has 6 nitrogen and oxygen atoms in total. The zero-order valence-electron chi connectivity index (χ0n) is 16.3. The molecule has 3 aromatic carbocycles. The molecule has 31 heavy (non-hydrogen) atoms. The lowest BCUT2D eigenvalue weighted by atomic mass is 10.1. The summed E-state index contributed by atoms with van der Waals surface area (Å²) in [5.74, 6) is 0.981. The Morgan fingerprint density at radius 1 is 1.10 bits per heavy atom. The monoisotopic (exact) mass is 449 g/mol. The van der Waals surface area contributed by atoms with Crippen LogP contribution < -0.4 is 15.5 Å². The van der Waals surface area contributed by atoms with Gasteiger partial charge in [-0.15, -0.1) is 0 Å². The van der Waals surface area contributed by atoms with Gasteiger partial charge in [0, 0.05) is 22.0 Å². The number of phenolic OH excluding ortho intramolecular Hbond substituents is 1. The minimum Gasteiger partial charge on any atom is -0.504 e. The maximum atomic E-state index is 9.90. The maximum Gasteiger partial charge on any atom is 0.204 e. The van der Waals surface area contributed by atoms with E-state index in [4.69, 9.17) is 20.8 Å². The van der Waals surface area contributed by atoms with Gasteiger partial charge in [0.05, 0.1) is 22.7 Å². The van der Waals surface area contributed by atoms with Crippen LogP contribution in [0.1, 0.15) is 0 Å².